The summed E-state index contributed by atoms with van der Waals surface area (Å²) in [5.41, 5.74) is 2.45. The van der Waals surface area contributed by atoms with E-state index in [0.29, 0.717) is 12.1 Å². The van der Waals surface area contributed by atoms with Crippen molar-refractivity contribution in [2.45, 2.75) is 6.54 Å². The van der Waals surface area contributed by atoms with Crippen LogP contribution in [0.15, 0.2) is 48.5 Å². The van der Waals surface area contributed by atoms with E-state index >= 15 is 0 Å². The van der Waals surface area contributed by atoms with Crippen molar-refractivity contribution in [1.82, 2.24) is 10.2 Å². The molecule has 0 spiro atoms. The molecule has 1 saturated heterocycles. The van der Waals surface area contributed by atoms with Crippen LogP contribution in [0.4, 0.5) is 5.69 Å². The molecule has 0 atom stereocenters. The lowest BCUT2D eigenvalue weighted by Gasteiger charge is -2.29. The maximum Gasteiger partial charge on any atom is 0.265 e. The lowest BCUT2D eigenvalue weighted by atomic mass is 10.1. The van der Waals surface area contributed by atoms with Gasteiger partial charge < -0.3 is 19.9 Å². The molecule has 134 valence electrons. The fraction of sp³-hybridized carbons (Fsp3) is 0.300. The van der Waals surface area contributed by atoms with Gasteiger partial charge in [-0.15, -0.1) is 0 Å². The van der Waals surface area contributed by atoms with Crippen LogP contribution >= 0.6 is 0 Å². The van der Waals surface area contributed by atoms with Gasteiger partial charge >= 0.3 is 0 Å². The molecule has 2 aliphatic rings. The molecule has 4 rings (SSSR count). The molecule has 0 bridgehead atoms. The van der Waals surface area contributed by atoms with Crippen LogP contribution < -0.4 is 15.0 Å². The number of hydrogen-bond donors (Lipinski definition) is 1. The number of ether oxygens (including phenoxy) is 1. The molecule has 0 aliphatic carbocycles. The van der Waals surface area contributed by atoms with Crippen molar-refractivity contribution in [3.8, 4) is 5.75 Å². The second kappa shape index (κ2) is 7.17. The molecule has 0 unspecified atom stereocenters. The number of carbonyl (C=O) groups excluding carboxylic acids is 2. The monoisotopic (exact) mass is 351 g/mol. The lowest BCUT2D eigenvalue weighted by molar-refractivity contribution is -0.121. The Labute approximate surface area is 152 Å². The van der Waals surface area contributed by atoms with Crippen molar-refractivity contribution in [2.24, 2.45) is 0 Å². The maximum absolute atomic E-state index is 12.5. The summed E-state index contributed by atoms with van der Waals surface area (Å²) >= 11 is 0. The minimum absolute atomic E-state index is 0.0522. The van der Waals surface area contributed by atoms with Crippen LogP contribution in [-0.2, 0) is 11.3 Å². The van der Waals surface area contributed by atoms with Crippen molar-refractivity contribution < 1.29 is 14.3 Å². The van der Waals surface area contributed by atoms with Crippen molar-refractivity contribution in [3.63, 3.8) is 0 Å². The van der Waals surface area contributed by atoms with E-state index in [9.17, 15) is 9.59 Å². The number of para-hydroxylation sites is 2. The van der Waals surface area contributed by atoms with Crippen LogP contribution in [0.2, 0.25) is 0 Å². The third-order valence-electron chi connectivity index (χ3n) is 4.75. The highest BCUT2D eigenvalue weighted by Gasteiger charge is 2.25. The normalized spacial score (nSPS) is 16.8. The first-order chi connectivity index (χ1) is 12.7. The minimum Gasteiger partial charge on any atom is -0.482 e. The Morgan fingerprint density at radius 2 is 1.77 bits per heavy atom. The molecule has 2 heterocycles. The van der Waals surface area contributed by atoms with Gasteiger partial charge in [-0.05, 0) is 29.8 Å². The van der Waals surface area contributed by atoms with Crippen LogP contribution in [0.1, 0.15) is 15.9 Å². The summed E-state index contributed by atoms with van der Waals surface area (Å²) in [5, 5.41) is 3.25. The van der Waals surface area contributed by atoms with Gasteiger partial charge in [-0.25, -0.2) is 0 Å². The number of benzene rings is 2. The number of anilines is 1. The van der Waals surface area contributed by atoms with E-state index in [1.54, 1.807) is 4.90 Å². The van der Waals surface area contributed by atoms with E-state index in [2.05, 4.69) is 5.32 Å². The summed E-state index contributed by atoms with van der Waals surface area (Å²) in [6, 6.07) is 15.1. The van der Waals surface area contributed by atoms with E-state index in [1.807, 2.05) is 53.4 Å². The highest BCUT2D eigenvalue weighted by molar-refractivity contribution is 5.98. The number of amides is 2. The molecule has 6 heteroatoms. The van der Waals surface area contributed by atoms with Crippen LogP contribution in [0.25, 0.3) is 0 Å². The van der Waals surface area contributed by atoms with Gasteiger partial charge in [-0.1, -0.05) is 24.3 Å². The van der Waals surface area contributed by atoms with Crippen molar-refractivity contribution in [1.29, 1.82) is 0 Å². The van der Waals surface area contributed by atoms with Crippen molar-refractivity contribution >= 4 is 17.5 Å². The first kappa shape index (κ1) is 16.6. The first-order valence-electron chi connectivity index (χ1n) is 8.83. The fourth-order valence-corrected chi connectivity index (χ4v) is 3.31. The third kappa shape index (κ3) is 3.28. The van der Waals surface area contributed by atoms with Crippen LogP contribution in [0, 0.1) is 0 Å². The molecule has 2 aromatic carbocycles. The maximum atomic E-state index is 12.5. The Kier molecular flexibility index (Phi) is 4.58. The van der Waals surface area contributed by atoms with Gasteiger partial charge in [0, 0.05) is 31.7 Å². The van der Waals surface area contributed by atoms with Gasteiger partial charge in [0.25, 0.3) is 11.8 Å². The molecular formula is C20H21N3O3. The minimum atomic E-state index is -0.0651. The zero-order valence-electron chi connectivity index (χ0n) is 14.5. The van der Waals surface area contributed by atoms with E-state index in [0.717, 1.165) is 43.2 Å². The highest BCUT2D eigenvalue weighted by Crippen LogP contribution is 2.32. The Hall–Kier alpha value is -2.86. The molecule has 1 fully saturated rings. The lowest BCUT2D eigenvalue weighted by Crippen LogP contribution is -2.46. The van der Waals surface area contributed by atoms with E-state index < -0.39 is 0 Å². The van der Waals surface area contributed by atoms with Gasteiger partial charge in [0.05, 0.1) is 12.2 Å². The predicted molar refractivity (Wildman–Crippen MR) is 98.3 cm³/mol. The average Bonchev–Trinajstić information content (AvgIpc) is 2.71. The zero-order valence-corrected chi connectivity index (χ0v) is 14.5. The van der Waals surface area contributed by atoms with Crippen molar-refractivity contribution in [3.05, 3.63) is 59.7 Å². The Bertz CT molecular complexity index is 813. The molecule has 2 aromatic rings. The summed E-state index contributed by atoms with van der Waals surface area (Å²) in [4.78, 5) is 28.4. The molecule has 0 aromatic heterocycles. The molecule has 1 N–H and O–H groups in total. The van der Waals surface area contributed by atoms with Gasteiger partial charge in [0.15, 0.2) is 6.61 Å². The molecule has 2 aliphatic heterocycles. The molecule has 6 nitrogen and oxygen atoms in total. The zero-order chi connectivity index (χ0) is 17.9. The number of fused-ring (bicyclic) bond motifs is 1. The second-order valence-electron chi connectivity index (χ2n) is 6.48. The number of piperazine rings is 1. The predicted octanol–water partition coefficient (Wildman–Crippen LogP) is 1.66. The number of carbonyl (C=O) groups is 2. The summed E-state index contributed by atoms with van der Waals surface area (Å²) in [6.07, 6.45) is 0. The average molecular weight is 351 g/mol. The smallest absolute Gasteiger partial charge is 0.265 e. The Morgan fingerprint density at radius 1 is 1.04 bits per heavy atom. The molecule has 2 amide bonds. The van der Waals surface area contributed by atoms with E-state index in [1.165, 1.54) is 0 Å². The topological polar surface area (TPSA) is 61.9 Å². The largest absolute Gasteiger partial charge is 0.482 e. The highest BCUT2D eigenvalue weighted by atomic mass is 16.5. The van der Waals surface area contributed by atoms with Gasteiger partial charge in [0.2, 0.25) is 0 Å². The summed E-state index contributed by atoms with van der Waals surface area (Å²) in [7, 11) is 0. The number of rotatable bonds is 3. The van der Waals surface area contributed by atoms with E-state index in [-0.39, 0.29) is 18.4 Å². The van der Waals surface area contributed by atoms with E-state index in [4.69, 9.17) is 4.74 Å². The first-order valence-corrected chi connectivity index (χ1v) is 8.83. The standard InChI is InChI=1S/C20H21N3O3/c24-19-14-26-18-4-2-1-3-17(18)23(19)13-15-5-7-16(8-6-15)20(25)22-11-9-21-10-12-22/h1-8,21H,9-14H2. The molecule has 0 saturated carbocycles. The Morgan fingerprint density at radius 3 is 2.54 bits per heavy atom. The van der Waals surface area contributed by atoms with Crippen LogP contribution in [0.3, 0.4) is 0 Å². The fourth-order valence-electron chi connectivity index (χ4n) is 3.31. The summed E-state index contributed by atoms with van der Waals surface area (Å²) < 4.78 is 5.47. The Balaban J connectivity index is 1.49. The quantitative estimate of drug-likeness (QED) is 0.914. The molecule has 26 heavy (non-hydrogen) atoms. The number of nitrogens with one attached hydrogen (secondary N) is 1. The van der Waals surface area contributed by atoms with Gasteiger partial charge in [0.1, 0.15) is 5.75 Å². The number of hydrogen-bond acceptors (Lipinski definition) is 4. The summed E-state index contributed by atoms with van der Waals surface area (Å²) in [5.74, 6) is 0.716. The second-order valence-corrected chi connectivity index (χ2v) is 6.48. The van der Waals surface area contributed by atoms with Gasteiger partial charge in [-0.2, -0.15) is 0 Å². The summed E-state index contributed by atoms with van der Waals surface area (Å²) in [6.45, 7) is 3.65. The van der Waals surface area contributed by atoms with Gasteiger partial charge in [-0.3, -0.25) is 9.59 Å². The third-order valence-corrected chi connectivity index (χ3v) is 4.75. The molecular weight excluding hydrogens is 330 g/mol. The van der Waals surface area contributed by atoms with Crippen molar-refractivity contribution in [2.75, 3.05) is 37.7 Å². The van der Waals surface area contributed by atoms with Crippen LogP contribution in [0.5, 0.6) is 5.75 Å². The number of nitrogens with zero attached hydrogens (tertiary/aromatic N) is 2. The SMILES string of the molecule is O=C(c1ccc(CN2C(=O)COc3ccccc32)cc1)N1CCNCC1. The molecule has 0 radical (unpaired) electrons. The van der Waals surface area contributed by atoms with Crippen LogP contribution in [-0.4, -0.2) is 49.5 Å².